The van der Waals surface area contributed by atoms with Crippen LogP contribution in [-0.2, 0) is 0 Å². The molecule has 2 aliphatic carbocycles. The summed E-state index contributed by atoms with van der Waals surface area (Å²) in [5.74, 6) is 1.98. The van der Waals surface area contributed by atoms with Crippen LogP contribution in [0.4, 0.5) is 11.5 Å². The van der Waals surface area contributed by atoms with Gasteiger partial charge in [0.25, 0.3) is 0 Å². The maximum atomic E-state index is 5.80. The molecule has 0 atom stereocenters. The molecular formula is C12H17N3. The fourth-order valence-corrected chi connectivity index (χ4v) is 1.99. The van der Waals surface area contributed by atoms with Crippen molar-refractivity contribution in [2.24, 2.45) is 5.92 Å². The van der Waals surface area contributed by atoms with Gasteiger partial charge in [-0.25, -0.2) is 4.98 Å². The quantitative estimate of drug-likeness (QED) is 0.814. The van der Waals surface area contributed by atoms with E-state index in [0.29, 0.717) is 0 Å². The summed E-state index contributed by atoms with van der Waals surface area (Å²) in [6.07, 6.45) is 7.25. The Hall–Kier alpha value is -1.25. The predicted molar refractivity (Wildman–Crippen MR) is 61.7 cm³/mol. The van der Waals surface area contributed by atoms with Crippen LogP contribution >= 0.6 is 0 Å². The smallest absolute Gasteiger partial charge is 0.130 e. The van der Waals surface area contributed by atoms with Gasteiger partial charge in [-0.05, 0) is 37.7 Å². The summed E-state index contributed by atoms with van der Waals surface area (Å²) in [4.78, 5) is 6.88. The van der Waals surface area contributed by atoms with E-state index in [4.69, 9.17) is 5.73 Å². The molecule has 15 heavy (non-hydrogen) atoms. The molecule has 3 heteroatoms. The molecule has 0 amide bonds. The molecule has 2 saturated carbocycles. The minimum absolute atomic E-state index is 0.736. The topological polar surface area (TPSA) is 42.1 Å². The lowest BCUT2D eigenvalue weighted by molar-refractivity contribution is 0.709. The molecular weight excluding hydrogens is 186 g/mol. The fraction of sp³-hybridized carbons (Fsp3) is 0.583. The van der Waals surface area contributed by atoms with E-state index < -0.39 is 0 Å². The SMILES string of the molecule is Nc1ccnc(N(CC2CC2)C2CC2)c1. The average Bonchev–Trinajstić information content (AvgIpc) is 3.08. The van der Waals surface area contributed by atoms with Gasteiger partial charge in [-0.2, -0.15) is 0 Å². The Balaban J connectivity index is 1.80. The van der Waals surface area contributed by atoms with Crippen molar-refractivity contribution in [3.63, 3.8) is 0 Å². The molecule has 2 fully saturated rings. The number of aromatic nitrogens is 1. The minimum Gasteiger partial charge on any atom is -0.399 e. The largest absolute Gasteiger partial charge is 0.399 e. The third kappa shape index (κ3) is 2.06. The molecule has 3 nitrogen and oxygen atoms in total. The van der Waals surface area contributed by atoms with Gasteiger partial charge in [-0.1, -0.05) is 0 Å². The number of nitrogens with zero attached hydrogens (tertiary/aromatic N) is 2. The first-order chi connectivity index (χ1) is 7.33. The van der Waals surface area contributed by atoms with Crippen molar-refractivity contribution in [2.45, 2.75) is 31.7 Å². The third-order valence-electron chi connectivity index (χ3n) is 3.20. The summed E-state index contributed by atoms with van der Waals surface area (Å²) in [5.41, 5.74) is 6.62. The molecule has 1 aromatic rings. The van der Waals surface area contributed by atoms with Gasteiger partial charge in [-0.15, -0.1) is 0 Å². The van der Waals surface area contributed by atoms with Crippen LogP contribution < -0.4 is 10.6 Å². The normalized spacial score (nSPS) is 20.3. The minimum atomic E-state index is 0.736. The third-order valence-corrected chi connectivity index (χ3v) is 3.20. The second-order valence-corrected chi connectivity index (χ2v) is 4.77. The Morgan fingerprint density at radius 3 is 2.73 bits per heavy atom. The van der Waals surface area contributed by atoms with Gasteiger partial charge in [-0.3, -0.25) is 0 Å². The summed E-state index contributed by atoms with van der Waals surface area (Å²) in [6.45, 7) is 1.18. The summed E-state index contributed by atoms with van der Waals surface area (Å²) < 4.78 is 0. The summed E-state index contributed by atoms with van der Waals surface area (Å²) in [6, 6.07) is 4.59. The van der Waals surface area contributed by atoms with Crippen molar-refractivity contribution in [2.75, 3.05) is 17.2 Å². The van der Waals surface area contributed by atoms with Crippen molar-refractivity contribution < 1.29 is 0 Å². The number of hydrogen-bond donors (Lipinski definition) is 1. The lowest BCUT2D eigenvalue weighted by atomic mass is 10.3. The van der Waals surface area contributed by atoms with Gasteiger partial charge in [0.1, 0.15) is 5.82 Å². The Morgan fingerprint density at radius 2 is 2.13 bits per heavy atom. The maximum absolute atomic E-state index is 5.80. The van der Waals surface area contributed by atoms with Crippen LogP contribution in [0.3, 0.4) is 0 Å². The van der Waals surface area contributed by atoms with Gasteiger partial charge >= 0.3 is 0 Å². The Morgan fingerprint density at radius 1 is 1.33 bits per heavy atom. The van der Waals surface area contributed by atoms with E-state index in [-0.39, 0.29) is 0 Å². The highest BCUT2D eigenvalue weighted by molar-refractivity contribution is 5.51. The van der Waals surface area contributed by atoms with Gasteiger partial charge in [0.2, 0.25) is 0 Å². The van der Waals surface area contributed by atoms with Crippen molar-refractivity contribution >= 4 is 11.5 Å². The molecule has 0 saturated heterocycles. The first-order valence-corrected chi connectivity index (χ1v) is 5.81. The number of hydrogen-bond acceptors (Lipinski definition) is 3. The molecule has 0 bridgehead atoms. The van der Waals surface area contributed by atoms with Gasteiger partial charge in [0.15, 0.2) is 0 Å². The number of pyridine rings is 1. The lowest BCUT2D eigenvalue weighted by Gasteiger charge is -2.23. The van der Waals surface area contributed by atoms with Crippen LogP contribution in [0.15, 0.2) is 18.3 Å². The van der Waals surface area contributed by atoms with Crippen molar-refractivity contribution in [1.29, 1.82) is 0 Å². The highest BCUT2D eigenvalue weighted by atomic mass is 15.2. The van der Waals surface area contributed by atoms with Gasteiger partial charge in [0.05, 0.1) is 0 Å². The molecule has 3 rings (SSSR count). The fourth-order valence-electron chi connectivity index (χ4n) is 1.99. The molecule has 0 aromatic carbocycles. The highest BCUT2D eigenvalue weighted by Gasteiger charge is 2.34. The Bertz CT molecular complexity index is 356. The molecule has 0 unspecified atom stereocenters. The second kappa shape index (κ2) is 3.40. The zero-order valence-corrected chi connectivity index (χ0v) is 8.89. The molecule has 0 spiro atoms. The van der Waals surface area contributed by atoms with Crippen LogP contribution in [0.1, 0.15) is 25.7 Å². The van der Waals surface area contributed by atoms with Gasteiger partial charge < -0.3 is 10.6 Å². The summed E-state index contributed by atoms with van der Waals surface area (Å²) in [7, 11) is 0. The van der Waals surface area contributed by atoms with E-state index in [2.05, 4.69) is 9.88 Å². The van der Waals surface area contributed by atoms with Crippen LogP contribution in [0.25, 0.3) is 0 Å². The van der Waals surface area contributed by atoms with Crippen LogP contribution in [-0.4, -0.2) is 17.6 Å². The maximum Gasteiger partial charge on any atom is 0.130 e. The second-order valence-electron chi connectivity index (χ2n) is 4.77. The van der Waals surface area contributed by atoms with Crippen LogP contribution in [0.5, 0.6) is 0 Å². The van der Waals surface area contributed by atoms with E-state index in [0.717, 1.165) is 23.5 Å². The number of nitrogens with two attached hydrogens (primary N) is 1. The molecule has 1 heterocycles. The van der Waals surface area contributed by atoms with E-state index in [1.807, 2.05) is 18.3 Å². The monoisotopic (exact) mass is 203 g/mol. The van der Waals surface area contributed by atoms with E-state index in [9.17, 15) is 0 Å². The number of rotatable bonds is 4. The first-order valence-electron chi connectivity index (χ1n) is 5.81. The number of anilines is 2. The Labute approximate surface area is 90.3 Å². The first kappa shape index (κ1) is 9.01. The summed E-state index contributed by atoms with van der Waals surface area (Å²) in [5, 5.41) is 0. The molecule has 80 valence electrons. The van der Waals surface area contributed by atoms with Crippen molar-refractivity contribution in [3.8, 4) is 0 Å². The molecule has 2 N–H and O–H groups in total. The molecule has 0 aliphatic heterocycles. The predicted octanol–water partition coefficient (Wildman–Crippen LogP) is 2.04. The highest BCUT2D eigenvalue weighted by Crippen LogP contribution is 2.37. The zero-order chi connectivity index (χ0) is 10.3. The van der Waals surface area contributed by atoms with Crippen molar-refractivity contribution in [1.82, 2.24) is 4.98 Å². The molecule has 0 radical (unpaired) electrons. The van der Waals surface area contributed by atoms with Gasteiger partial charge in [0, 0.05) is 30.5 Å². The number of nitrogen functional groups attached to an aromatic ring is 1. The van der Waals surface area contributed by atoms with E-state index >= 15 is 0 Å². The zero-order valence-electron chi connectivity index (χ0n) is 8.89. The molecule has 2 aliphatic rings. The van der Waals surface area contributed by atoms with E-state index in [1.165, 1.54) is 32.2 Å². The average molecular weight is 203 g/mol. The summed E-state index contributed by atoms with van der Waals surface area (Å²) >= 11 is 0. The standard InChI is InChI=1S/C12H17N3/c13-10-5-6-14-12(7-10)15(11-3-4-11)8-9-1-2-9/h5-7,9,11H,1-4,8H2,(H2,13,14). The lowest BCUT2D eigenvalue weighted by Crippen LogP contribution is -2.28. The van der Waals surface area contributed by atoms with Crippen LogP contribution in [0, 0.1) is 5.92 Å². The molecule has 1 aromatic heterocycles. The van der Waals surface area contributed by atoms with Crippen LogP contribution in [0.2, 0.25) is 0 Å². The Kier molecular flexibility index (Phi) is 2.04. The van der Waals surface area contributed by atoms with E-state index in [1.54, 1.807) is 0 Å². The van der Waals surface area contributed by atoms with Crippen molar-refractivity contribution in [3.05, 3.63) is 18.3 Å².